The molecule has 0 heterocycles. The lowest BCUT2D eigenvalue weighted by Crippen LogP contribution is -2.14. The fourth-order valence-corrected chi connectivity index (χ4v) is 2.84. The molecule has 0 radical (unpaired) electrons. The number of benzene rings is 2. The molecule has 0 aromatic heterocycles. The normalized spacial score (nSPS) is 12.2. The van der Waals surface area contributed by atoms with E-state index < -0.39 is 26.7 Å². The average Bonchev–Trinajstić information content (AvgIpc) is 2.47. The molecular weight excluding hydrogens is 319 g/mol. The lowest BCUT2D eigenvalue weighted by molar-refractivity contribution is -0.137. The molecule has 2 aromatic carbocycles. The van der Waals surface area contributed by atoms with Crippen molar-refractivity contribution in [1.29, 1.82) is 0 Å². The van der Waals surface area contributed by atoms with E-state index in [4.69, 9.17) is 5.11 Å². The molecule has 0 atom stereocenters. The predicted molar refractivity (Wildman–Crippen MR) is 74.6 cm³/mol. The van der Waals surface area contributed by atoms with E-state index in [0.717, 1.165) is 18.2 Å². The summed E-state index contributed by atoms with van der Waals surface area (Å²) in [6, 6.07) is 9.33. The van der Waals surface area contributed by atoms with Crippen molar-refractivity contribution in [2.24, 2.45) is 0 Å². The second-order valence-corrected chi connectivity index (χ2v) is 6.17. The highest BCUT2D eigenvalue weighted by molar-refractivity contribution is 7.92. The van der Waals surface area contributed by atoms with E-state index in [1.807, 2.05) is 0 Å². The molecule has 0 amide bonds. The van der Waals surface area contributed by atoms with Crippen molar-refractivity contribution in [3.05, 3.63) is 59.7 Å². The van der Waals surface area contributed by atoms with Gasteiger partial charge in [0, 0.05) is 5.69 Å². The molecule has 0 fully saturated rings. The largest absolute Gasteiger partial charge is 0.416 e. The van der Waals surface area contributed by atoms with Crippen LogP contribution in [-0.4, -0.2) is 13.5 Å². The molecule has 0 aliphatic carbocycles. The molecule has 4 nitrogen and oxygen atoms in total. The first kappa shape index (κ1) is 16.3. The summed E-state index contributed by atoms with van der Waals surface area (Å²) < 4.78 is 64.3. The Kier molecular flexibility index (Phi) is 4.43. The minimum Gasteiger partial charge on any atom is -0.392 e. The lowest BCUT2D eigenvalue weighted by Gasteiger charge is -2.11. The van der Waals surface area contributed by atoms with Crippen LogP contribution in [0.15, 0.2) is 53.4 Å². The monoisotopic (exact) mass is 331 g/mol. The topological polar surface area (TPSA) is 66.4 Å². The Balaban J connectivity index is 2.30. The van der Waals surface area contributed by atoms with Gasteiger partial charge < -0.3 is 5.11 Å². The van der Waals surface area contributed by atoms with Crippen molar-refractivity contribution in [2.45, 2.75) is 17.7 Å². The smallest absolute Gasteiger partial charge is 0.392 e. The highest BCUT2D eigenvalue weighted by Gasteiger charge is 2.31. The zero-order valence-corrected chi connectivity index (χ0v) is 11.9. The average molecular weight is 331 g/mol. The summed E-state index contributed by atoms with van der Waals surface area (Å²) in [5.41, 5.74) is -0.261. The maximum atomic E-state index is 12.6. The summed E-state index contributed by atoms with van der Waals surface area (Å²) in [6.07, 6.45) is -4.62. The van der Waals surface area contributed by atoms with E-state index >= 15 is 0 Å². The maximum absolute atomic E-state index is 12.6. The van der Waals surface area contributed by atoms with E-state index in [1.165, 1.54) is 24.3 Å². The molecule has 118 valence electrons. The Hall–Kier alpha value is -2.06. The molecule has 0 spiro atoms. The Morgan fingerprint density at radius 3 is 2.23 bits per heavy atom. The molecule has 2 rings (SSSR count). The predicted octanol–water partition coefficient (Wildman–Crippen LogP) is 3.00. The summed E-state index contributed by atoms with van der Waals surface area (Å²) in [7, 11) is -4.13. The summed E-state index contributed by atoms with van der Waals surface area (Å²) in [5.74, 6) is 0. The third-order valence-corrected chi connectivity index (χ3v) is 4.24. The number of hydrogen-bond acceptors (Lipinski definition) is 3. The number of halogens is 3. The van der Waals surface area contributed by atoms with Crippen LogP contribution in [0.2, 0.25) is 0 Å². The van der Waals surface area contributed by atoms with Gasteiger partial charge in [0.2, 0.25) is 0 Å². The van der Waals surface area contributed by atoms with Gasteiger partial charge in [0.15, 0.2) is 0 Å². The highest BCUT2D eigenvalue weighted by atomic mass is 32.2. The third kappa shape index (κ3) is 3.77. The van der Waals surface area contributed by atoms with Crippen molar-refractivity contribution in [1.82, 2.24) is 0 Å². The summed E-state index contributed by atoms with van der Waals surface area (Å²) in [5, 5.41) is 8.90. The van der Waals surface area contributed by atoms with Gasteiger partial charge in [-0.1, -0.05) is 18.2 Å². The van der Waals surface area contributed by atoms with Gasteiger partial charge in [-0.2, -0.15) is 13.2 Å². The Labute approximate surface area is 125 Å². The van der Waals surface area contributed by atoms with Crippen LogP contribution < -0.4 is 4.72 Å². The van der Waals surface area contributed by atoms with E-state index in [-0.39, 0.29) is 12.3 Å². The summed E-state index contributed by atoms with van der Waals surface area (Å²) in [6.45, 7) is -0.194. The van der Waals surface area contributed by atoms with Crippen LogP contribution in [-0.2, 0) is 22.8 Å². The SMILES string of the molecule is O=S(=O)(Nc1ccc(CO)cc1)c1cccc(C(F)(F)F)c1. The molecule has 2 aromatic rings. The number of hydrogen-bond donors (Lipinski definition) is 2. The van der Waals surface area contributed by atoms with Gasteiger partial charge in [-0.05, 0) is 35.9 Å². The van der Waals surface area contributed by atoms with Crippen LogP contribution in [0, 0.1) is 0 Å². The van der Waals surface area contributed by atoms with Crippen molar-refractivity contribution >= 4 is 15.7 Å². The molecule has 22 heavy (non-hydrogen) atoms. The van der Waals surface area contributed by atoms with E-state index in [1.54, 1.807) is 0 Å². The first-order chi connectivity index (χ1) is 10.2. The van der Waals surface area contributed by atoms with Crippen molar-refractivity contribution in [2.75, 3.05) is 4.72 Å². The number of alkyl halides is 3. The number of aliphatic hydroxyl groups excluding tert-OH is 1. The zero-order chi connectivity index (χ0) is 16.4. The molecule has 2 N–H and O–H groups in total. The number of rotatable bonds is 4. The Bertz CT molecular complexity index is 756. The minimum absolute atomic E-state index is 0.189. The van der Waals surface area contributed by atoms with Gasteiger partial charge in [-0.3, -0.25) is 4.72 Å². The van der Waals surface area contributed by atoms with Crippen LogP contribution in [0.4, 0.5) is 18.9 Å². The second kappa shape index (κ2) is 5.98. The summed E-state index contributed by atoms with van der Waals surface area (Å²) >= 11 is 0. The van der Waals surface area contributed by atoms with Gasteiger partial charge in [0.25, 0.3) is 10.0 Å². The molecule has 0 bridgehead atoms. The number of anilines is 1. The quantitative estimate of drug-likeness (QED) is 0.905. The Morgan fingerprint density at radius 1 is 1.05 bits per heavy atom. The van der Waals surface area contributed by atoms with Crippen LogP contribution in [0.1, 0.15) is 11.1 Å². The lowest BCUT2D eigenvalue weighted by atomic mass is 10.2. The molecule has 0 saturated heterocycles. The third-order valence-electron chi connectivity index (χ3n) is 2.86. The van der Waals surface area contributed by atoms with Gasteiger partial charge in [0.1, 0.15) is 0 Å². The fourth-order valence-electron chi connectivity index (χ4n) is 1.73. The van der Waals surface area contributed by atoms with Crippen molar-refractivity contribution in [3.63, 3.8) is 0 Å². The molecule has 0 aliphatic rings. The van der Waals surface area contributed by atoms with E-state index in [0.29, 0.717) is 11.6 Å². The molecule has 0 aliphatic heterocycles. The van der Waals surface area contributed by atoms with Crippen LogP contribution in [0.3, 0.4) is 0 Å². The maximum Gasteiger partial charge on any atom is 0.416 e. The fraction of sp³-hybridized carbons (Fsp3) is 0.143. The summed E-state index contributed by atoms with van der Waals surface area (Å²) in [4.78, 5) is -0.478. The van der Waals surface area contributed by atoms with Gasteiger partial charge >= 0.3 is 6.18 Å². The Morgan fingerprint density at radius 2 is 1.68 bits per heavy atom. The first-order valence-electron chi connectivity index (χ1n) is 6.12. The molecule has 8 heteroatoms. The number of sulfonamides is 1. The van der Waals surface area contributed by atoms with Crippen LogP contribution >= 0.6 is 0 Å². The number of nitrogens with one attached hydrogen (secondary N) is 1. The minimum atomic E-state index is -4.62. The van der Waals surface area contributed by atoms with Gasteiger partial charge in [-0.25, -0.2) is 8.42 Å². The van der Waals surface area contributed by atoms with Crippen molar-refractivity contribution < 1.29 is 26.7 Å². The van der Waals surface area contributed by atoms with Crippen molar-refractivity contribution in [3.8, 4) is 0 Å². The van der Waals surface area contributed by atoms with E-state index in [2.05, 4.69) is 4.72 Å². The van der Waals surface area contributed by atoms with E-state index in [9.17, 15) is 21.6 Å². The van der Waals surface area contributed by atoms with Crippen LogP contribution in [0.25, 0.3) is 0 Å². The molecule has 0 saturated carbocycles. The second-order valence-electron chi connectivity index (χ2n) is 4.49. The standard InChI is InChI=1S/C14H12F3NO3S/c15-14(16,17)11-2-1-3-13(8-11)22(20,21)18-12-6-4-10(9-19)5-7-12/h1-8,18-19H,9H2. The highest BCUT2D eigenvalue weighted by Crippen LogP contribution is 2.30. The molecule has 0 unspecified atom stereocenters. The van der Waals surface area contributed by atoms with Gasteiger partial charge in [0.05, 0.1) is 17.1 Å². The first-order valence-corrected chi connectivity index (χ1v) is 7.60. The van der Waals surface area contributed by atoms with Crippen LogP contribution in [0.5, 0.6) is 0 Å². The molecular formula is C14H12F3NO3S. The zero-order valence-electron chi connectivity index (χ0n) is 11.1. The van der Waals surface area contributed by atoms with Gasteiger partial charge in [-0.15, -0.1) is 0 Å². The number of aliphatic hydroxyl groups is 1.